The summed E-state index contributed by atoms with van der Waals surface area (Å²) in [6, 6.07) is 7.78. The van der Waals surface area contributed by atoms with Gasteiger partial charge in [-0.15, -0.1) is 0 Å². The normalized spacial score (nSPS) is 16.0. The van der Waals surface area contributed by atoms with Crippen molar-refractivity contribution in [1.29, 1.82) is 0 Å². The number of ether oxygens (including phenoxy) is 2. The van der Waals surface area contributed by atoms with Crippen LogP contribution in [0.4, 0.5) is 24.5 Å². The average Bonchev–Trinajstić information content (AvgIpc) is 3.24. The fourth-order valence-corrected chi connectivity index (χ4v) is 3.57. The fourth-order valence-electron chi connectivity index (χ4n) is 3.57. The number of fused-ring (bicyclic) bond motifs is 1. The van der Waals surface area contributed by atoms with E-state index in [2.05, 4.69) is 0 Å². The van der Waals surface area contributed by atoms with E-state index in [0.29, 0.717) is 17.6 Å². The maximum absolute atomic E-state index is 12.9. The van der Waals surface area contributed by atoms with Crippen LogP contribution >= 0.6 is 0 Å². The van der Waals surface area contributed by atoms with Crippen LogP contribution < -0.4 is 14.4 Å². The lowest BCUT2D eigenvalue weighted by atomic mass is 10.1. The van der Waals surface area contributed by atoms with Gasteiger partial charge < -0.3 is 19.3 Å². The smallest absolute Gasteiger partial charge is 0.416 e. The molecule has 8 nitrogen and oxygen atoms in total. The molecule has 11 heteroatoms. The van der Waals surface area contributed by atoms with Crippen LogP contribution in [-0.2, 0) is 11.0 Å². The van der Waals surface area contributed by atoms with Gasteiger partial charge in [-0.2, -0.15) is 13.2 Å². The van der Waals surface area contributed by atoms with Crippen LogP contribution in [0.3, 0.4) is 0 Å². The number of nitro benzene ring substituents is 1. The summed E-state index contributed by atoms with van der Waals surface area (Å²) < 4.78 is 49.3. The lowest BCUT2D eigenvalue weighted by Gasteiger charge is -2.35. The fraction of sp³-hybridized carbons (Fsp3) is 0.286. The van der Waals surface area contributed by atoms with E-state index < -0.39 is 22.4 Å². The van der Waals surface area contributed by atoms with Crippen LogP contribution in [-0.4, -0.2) is 48.7 Å². The Bertz CT molecular complexity index is 1080. The van der Waals surface area contributed by atoms with Gasteiger partial charge in [0.25, 0.3) is 5.69 Å². The SMILES string of the molecule is O=C(/C=C/c1ccc2c(c1)OCO2)N1CCN(c2ccc(C(F)(F)F)cc2[N+](=O)[O-])CC1. The first-order chi connectivity index (χ1) is 15.2. The molecule has 0 saturated carbocycles. The summed E-state index contributed by atoms with van der Waals surface area (Å²) in [5.41, 5.74) is -0.815. The summed E-state index contributed by atoms with van der Waals surface area (Å²) >= 11 is 0. The number of piperazine rings is 1. The summed E-state index contributed by atoms with van der Waals surface area (Å²) in [5.74, 6) is 1.01. The topological polar surface area (TPSA) is 85.2 Å². The van der Waals surface area contributed by atoms with Gasteiger partial charge in [0.1, 0.15) is 5.69 Å². The van der Waals surface area contributed by atoms with Crippen LogP contribution in [0.25, 0.3) is 6.08 Å². The molecule has 0 unspecified atom stereocenters. The summed E-state index contributed by atoms with van der Waals surface area (Å²) in [4.78, 5) is 26.2. The summed E-state index contributed by atoms with van der Waals surface area (Å²) in [7, 11) is 0. The van der Waals surface area contributed by atoms with E-state index in [1.165, 1.54) is 6.08 Å². The third-order valence-electron chi connectivity index (χ3n) is 5.25. The first-order valence-corrected chi connectivity index (χ1v) is 9.69. The van der Waals surface area contributed by atoms with E-state index in [1.807, 2.05) is 0 Å². The number of amides is 1. The summed E-state index contributed by atoms with van der Waals surface area (Å²) in [5, 5.41) is 11.3. The molecule has 32 heavy (non-hydrogen) atoms. The Labute approximate surface area is 180 Å². The van der Waals surface area contributed by atoms with Crippen LogP contribution in [0.15, 0.2) is 42.5 Å². The van der Waals surface area contributed by atoms with Crippen molar-refractivity contribution in [3.05, 3.63) is 63.7 Å². The van der Waals surface area contributed by atoms with Gasteiger partial charge in [-0.1, -0.05) is 6.07 Å². The second-order valence-corrected chi connectivity index (χ2v) is 7.22. The molecule has 2 aliphatic heterocycles. The van der Waals surface area contributed by atoms with Gasteiger partial charge in [-0.25, -0.2) is 0 Å². The van der Waals surface area contributed by atoms with Crippen LogP contribution in [0, 0.1) is 10.1 Å². The van der Waals surface area contributed by atoms with Crippen molar-refractivity contribution in [2.75, 3.05) is 37.9 Å². The Morgan fingerprint density at radius 3 is 2.44 bits per heavy atom. The molecule has 1 amide bonds. The minimum atomic E-state index is -4.67. The van der Waals surface area contributed by atoms with Gasteiger partial charge in [0.15, 0.2) is 11.5 Å². The molecule has 0 spiro atoms. The molecule has 0 bridgehead atoms. The number of benzene rings is 2. The molecule has 0 aromatic heterocycles. The molecule has 2 aliphatic rings. The second-order valence-electron chi connectivity index (χ2n) is 7.22. The van der Waals surface area contributed by atoms with Gasteiger partial charge in [0.05, 0.1) is 10.5 Å². The largest absolute Gasteiger partial charge is 0.454 e. The van der Waals surface area contributed by atoms with Crippen molar-refractivity contribution in [2.45, 2.75) is 6.18 Å². The molecule has 0 atom stereocenters. The number of nitrogens with zero attached hydrogens (tertiary/aromatic N) is 3. The number of hydrogen-bond donors (Lipinski definition) is 0. The highest BCUT2D eigenvalue weighted by molar-refractivity contribution is 5.92. The van der Waals surface area contributed by atoms with E-state index in [1.54, 1.807) is 34.1 Å². The third-order valence-corrected chi connectivity index (χ3v) is 5.25. The predicted octanol–water partition coefficient (Wildman–Crippen LogP) is 3.70. The molecule has 2 heterocycles. The Balaban J connectivity index is 1.40. The zero-order valence-electron chi connectivity index (χ0n) is 16.7. The summed E-state index contributed by atoms with van der Waals surface area (Å²) in [6.07, 6.45) is -1.59. The van der Waals surface area contributed by atoms with Gasteiger partial charge >= 0.3 is 6.18 Å². The van der Waals surface area contributed by atoms with Crippen molar-refractivity contribution >= 4 is 23.4 Å². The van der Waals surface area contributed by atoms with E-state index in [9.17, 15) is 28.1 Å². The number of halogens is 3. The Morgan fingerprint density at radius 1 is 1.03 bits per heavy atom. The van der Waals surface area contributed by atoms with Crippen LogP contribution in [0.5, 0.6) is 11.5 Å². The van der Waals surface area contributed by atoms with Gasteiger partial charge in [0, 0.05) is 38.3 Å². The molecule has 1 saturated heterocycles. The average molecular weight is 449 g/mol. The number of nitro groups is 1. The number of carbonyl (C=O) groups is 1. The van der Waals surface area contributed by atoms with E-state index in [0.717, 1.165) is 17.7 Å². The lowest BCUT2D eigenvalue weighted by molar-refractivity contribution is -0.384. The number of alkyl halides is 3. The molecule has 2 aromatic carbocycles. The van der Waals surface area contributed by atoms with Gasteiger partial charge in [-0.05, 0) is 35.9 Å². The highest BCUT2D eigenvalue weighted by Crippen LogP contribution is 2.37. The maximum Gasteiger partial charge on any atom is 0.416 e. The second kappa shape index (κ2) is 8.40. The third kappa shape index (κ3) is 4.46. The van der Waals surface area contributed by atoms with Crippen molar-refractivity contribution in [2.24, 2.45) is 0 Å². The number of hydrogen-bond acceptors (Lipinski definition) is 6. The lowest BCUT2D eigenvalue weighted by Crippen LogP contribution is -2.48. The molecule has 0 aliphatic carbocycles. The predicted molar refractivity (Wildman–Crippen MR) is 108 cm³/mol. The minimum Gasteiger partial charge on any atom is -0.454 e. The number of rotatable bonds is 4. The van der Waals surface area contributed by atoms with Crippen molar-refractivity contribution < 1.29 is 32.4 Å². The van der Waals surface area contributed by atoms with Crippen molar-refractivity contribution in [3.63, 3.8) is 0 Å². The first kappa shape index (κ1) is 21.5. The molecular weight excluding hydrogens is 431 g/mol. The molecule has 0 N–H and O–H groups in total. The van der Waals surface area contributed by atoms with Crippen molar-refractivity contribution in [3.8, 4) is 11.5 Å². The highest BCUT2D eigenvalue weighted by atomic mass is 19.4. The van der Waals surface area contributed by atoms with E-state index in [-0.39, 0.29) is 44.6 Å². The van der Waals surface area contributed by atoms with Crippen LogP contribution in [0.2, 0.25) is 0 Å². The van der Waals surface area contributed by atoms with Crippen molar-refractivity contribution in [1.82, 2.24) is 4.90 Å². The Kier molecular flexibility index (Phi) is 5.64. The monoisotopic (exact) mass is 449 g/mol. The number of anilines is 1. The first-order valence-electron chi connectivity index (χ1n) is 9.69. The Hall–Kier alpha value is -3.76. The van der Waals surface area contributed by atoms with E-state index in [4.69, 9.17) is 9.47 Å². The van der Waals surface area contributed by atoms with Crippen LogP contribution in [0.1, 0.15) is 11.1 Å². The molecule has 2 aromatic rings. The number of carbonyl (C=O) groups excluding carboxylic acids is 1. The maximum atomic E-state index is 12.9. The zero-order valence-corrected chi connectivity index (χ0v) is 16.7. The summed E-state index contributed by atoms with van der Waals surface area (Å²) in [6.45, 7) is 1.24. The molecule has 4 rings (SSSR count). The quantitative estimate of drug-likeness (QED) is 0.402. The Morgan fingerprint density at radius 2 is 1.75 bits per heavy atom. The molecule has 168 valence electrons. The van der Waals surface area contributed by atoms with Gasteiger partial charge in [0.2, 0.25) is 12.7 Å². The highest BCUT2D eigenvalue weighted by Gasteiger charge is 2.34. The molecule has 1 fully saturated rings. The van der Waals surface area contributed by atoms with E-state index >= 15 is 0 Å². The molecular formula is C21H18F3N3O5. The zero-order chi connectivity index (χ0) is 22.9. The van der Waals surface area contributed by atoms with Gasteiger partial charge in [-0.3, -0.25) is 14.9 Å². The minimum absolute atomic E-state index is 0.103. The standard InChI is InChI=1S/C21H18F3N3O5/c22-21(23,24)15-3-4-16(17(12-15)27(29)30)25-7-9-26(10-8-25)20(28)6-2-14-1-5-18-19(11-14)32-13-31-18/h1-6,11-12H,7-10,13H2/b6-2+. The molecule has 0 radical (unpaired) electrons.